The Morgan fingerprint density at radius 2 is 2.00 bits per heavy atom. The molecule has 0 bridgehead atoms. The van der Waals surface area contributed by atoms with Gasteiger partial charge in [-0.05, 0) is 48.3 Å². The van der Waals surface area contributed by atoms with Crippen molar-refractivity contribution in [3.8, 4) is 10.4 Å². The van der Waals surface area contributed by atoms with E-state index in [1.54, 1.807) is 11.3 Å². The van der Waals surface area contributed by atoms with Crippen molar-refractivity contribution in [1.29, 1.82) is 0 Å². The van der Waals surface area contributed by atoms with E-state index in [4.69, 9.17) is 0 Å². The molecule has 0 radical (unpaired) electrons. The molecule has 2 aromatic rings. The quantitative estimate of drug-likeness (QED) is 0.753. The smallest absolute Gasteiger partial charge is 0.228 e. The van der Waals surface area contributed by atoms with Gasteiger partial charge in [0.25, 0.3) is 0 Å². The molecular formula is C23H30N2O2S. The third-order valence-electron chi connectivity index (χ3n) is 5.44. The molecule has 1 fully saturated rings. The number of hydrogen-bond donors (Lipinski definition) is 1. The first kappa shape index (κ1) is 20.6. The minimum absolute atomic E-state index is 0.0656. The fraction of sp³-hybridized carbons (Fsp3) is 0.478. The Morgan fingerprint density at radius 3 is 2.68 bits per heavy atom. The lowest BCUT2D eigenvalue weighted by atomic mass is 9.78. The molecule has 0 spiro atoms. The number of carbonyl (C=O) groups excluding carboxylic acids is 2. The van der Waals surface area contributed by atoms with Gasteiger partial charge in [-0.2, -0.15) is 0 Å². The first-order valence-corrected chi connectivity index (χ1v) is 11.0. The first-order valence-electron chi connectivity index (χ1n) is 10.1. The molecule has 3 rings (SSSR count). The lowest BCUT2D eigenvalue weighted by molar-refractivity contribution is -0.133. The van der Waals surface area contributed by atoms with Crippen LogP contribution in [0.1, 0.15) is 39.2 Å². The average molecular weight is 399 g/mol. The van der Waals surface area contributed by atoms with Gasteiger partial charge in [0.1, 0.15) is 0 Å². The molecule has 1 aromatic carbocycles. The standard InChI is InChI=1S/C23H30N2O2S/c1-4-24-22(27)23(11-12-25(16-23)21(26)14-17(2)3)15-18-8-5-6-9-19(18)20-10-7-13-28-20/h5-10,13,17H,4,11-12,14-16H2,1-3H3,(H,24,27)/t23-/m1/s1. The Hall–Kier alpha value is -2.14. The summed E-state index contributed by atoms with van der Waals surface area (Å²) in [6.45, 7) is 7.83. The Bertz CT molecular complexity index is 816. The van der Waals surface area contributed by atoms with Gasteiger partial charge in [0.2, 0.25) is 11.8 Å². The normalized spacial score (nSPS) is 19.2. The lowest BCUT2D eigenvalue weighted by Gasteiger charge is -2.29. The van der Waals surface area contributed by atoms with E-state index in [2.05, 4.69) is 48.8 Å². The van der Waals surface area contributed by atoms with Crippen LogP contribution in [0.4, 0.5) is 0 Å². The summed E-state index contributed by atoms with van der Waals surface area (Å²) in [4.78, 5) is 28.8. The van der Waals surface area contributed by atoms with Crippen LogP contribution in [0.3, 0.4) is 0 Å². The largest absolute Gasteiger partial charge is 0.356 e. The summed E-state index contributed by atoms with van der Waals surface area (Å²) in [6.07, 6.45) is 1.90. The molecule has 1 aliphatic heterocycles. The first-order chi connectivity index (χ1) is 13.4. The van der Waals surface area contributed by atoms with E-state index >= 15 is 0 Å². The maximum atomic E-state index is 13.1. The van der Waals surface area contributed by atoms with E-state index in [1.165, 1.54) is 16.0 Å². The van der Waals surface area contributed by atoms with E-state index in [0.29, 0.717) is 44.8 Å². The summed E-state index contributed by atoms with van der Waals surface area (Å²) in [5.74, 6) is 0.551. The number of nitrogens with one attached hydrogen (secondary N) is 1. The molecule has 1 atom stereocenters. The van der Waals surface area contributed by atoms with Crippen molar-refractivity contribution in [3.63, 3.8) is 0 Å². The maximum absolute atomic E-state index is 13.1. The number of benzene rings is 1. The van der Waals surface area contributed by atoms with E-state index in [-0.39, 0.29) is 11.8 Å². The van der Waals surface area contributed by atoms with Gasteiger partial charge in [-0.3, -0.25) is 9.59 Å². The van der Waals surface area contributed by atoms with Crippen molar-refractivity contribution in [2.45, 2.75) is 40.0 Å². The fourth-order valence-electron chi connectivity index (χ4n) is 4.03. The van der Waals surface area contributed by atoms with E-state index in [9.17, 15) is 9.59 Å². The van der Waals surface area contributed by atoms with Gasteiger partial charge >= 0.3 is 0 Å². The van der Waals surface area contributed by atoms with Gasteiger partial charge in [-0.25, -0.2) is 0 Å². The zero-order chi connectivity index (χ0) is 20.1. The molecule has 1 saturated heterocycles. The molecule has 28 heavy (non-hydrogen) atoms. The molecule has 2 heterocycles. The van der Waals surface area contributed by atoms with E-state index in [0.717, 1.165) is 0 Å². The summed E-state index contributed by atoms with van der Waals surface area (Å²) < 4.78 is 0. The molecule has 1 N–H and O–H groups in total. The van der Waals surface area contributed by atoms with Crippen molar-refractivity contribution >= 4 is 23.2 Å². The molecule has 1 aliphatic rings. The predicted octanol–water partition coefficient (Wildman–Crippen LogP) is 4.36. The molecule has 0 aliphatic carbocycles. The predicted molar refractivity (Wildman–Crippen MR) is 115 cm³/mol. The Labute approximate surface area is 172 Å². The van der Waals surface area contributed by atoms with Gasteiger partial charge in [0.15, 0.2) is 0 Å². The van der Waals surface area contributed by atoms with Crippen LogP contribution in [0.15, 0.2) is 41.8 Å². The molecule has 0 saturated carbocycles. The minimum atomic E-state index is -0.560. The molecular weight excluding hydrogens is 368 g/mol. The highest BCUT2D eigenvalue weighted by Gasteiger charge is 2.46. The van der Waals surface area contributed by atoms with Crippen molar-refractivity contribution < 1.29 is 9.59 Å². The molecule has 2 amide bonds. The van der Waals surface area contributed by atoms with E-state index in [1.807, 2.05) is 24.0 Å². The molecule has 0 unspecified atom stereocenters. The second-order valence-electron chi connectivity index (χ2n) is 8.11. The van der Waals surface area contributed by atoms with Gasteiger partial charge < -0.3 is 10.2 Å². The Balaban J connectivity index is 1.89. The Morgan fingerprint density at radius 1 is 1.21 bits per heavy atom. The number of rotatable bonds is 7. The van der Waals surface area contributed by atoms with Crippen molar-refractivity contribution in [2.75, 3.05) is 19.6 Å². The molecule has 150 valence electrons. The SMILES string of the molecule is CCNC(=O)[C@@]1(Cc2ccccc2-c2cccs2)CCN(C(=O)CC(C)C)C1. The van der Waals surface area contributed by atoms with Gasteiger partial charge in [0, 0.05) is 30.9 Å². The molecule has 5 heteroatoms. The number of likely N-dealkylation sites (tertiary alicyclic amines) is 1. The summed E-state index contributed by atoms with van der Waals surface area (Å²) in [5, 5.41) is 5.11. The number of carbonyl (C=O) groups is 2. The van der Waals surface area contributed by atoms with Crippen LogP contribution in [0, 0.1) is 11.3 Å². The van der Waals surface area contributed by atoms with Crippen LogP contribution < -0.4 is 5.32 Å². The number of hydrogen-bond acceptors (Lipinski definition) is 3. The Kier molecular flexibility index (Phi) is 6.55. The highest BCUT2D eigenvalue weighted by Crippen LogP contribution is 2.38. The van der Waals surface area contributed by atoms with Crippen molar-refractivity contribution in [1.82, 2.24) is 10.2 Å². The number of thiophene rings is 1. The van der Waals surface area contributed by atoms with Crippen LogP contribution in [-0.2, 0) is 16.0 Å². The van der Waals surface area contributed by atoms with Gasteiger partial charge in [-0.1, -0.05) is 44.2 Å². The maximum Gasteiger partial charge on any atom is 0.228 e. The van der Waals surface area contributed by atoms with Crippen LogP contribution in [0.2, 0.25) is 0 Å². The van der Waals surface area contributed by atoms with Crippen LogP contribution in [0.5, 0.6) is 0 Å². The molecule has 1 aromatic heterocycles. The number of amides is 2. The van der Waals surface area contributed by atoms with Gasteiger partial charge in [-0.15, -0.1) is 11.3 Å². The monoisotopic (exact) mass is 398 g/mol. The van der Waals surface area contributed by atoms with Crippen LogP contribution in [0.25, 0.3) is 10.4 Å². The number of nitrogens with zero attached hydrogens (tertiary/aromatic N) is 1. The third-order valence-corrected chi connectivity index (χ3v) is 6.34. The zero-order valence-corrected chi connectivity index (χ0v) is 17.8. The molecule has 4 nitrogen and oxygen atoms in total. The van der Waals surface area contributed by atoms with Crippen LogP contribution in [-0.4, -0.2) is 36.3 Å². The fourth-order valence-corrected chi connectivity index (χ4v) is 4.82. The summed E-state index contributed by atoms with van der Waals surface area (Å²) >= 11 is 1.71. The second-order valence-corrected chi connectivity index (χ2v) is 9.06. The second kappa shape index (κ2) is 8.91. The summed E-state index contributed by atoms with van der Waals surface area (Å²) in [7, 11) is 0. The highest BCUT2D eigenvalue weighted by atomic mass is 32.1. The third kappa shape index (κ3) is 4.46. The van der Waals surface area contributed by atoms with E-state index < -0.39 is 5.41 Å². The van der Waals surface area contributed by atoms with Crippen molar-refractivity contribution in [2.24, 2.45) is 11.3 Å². The van der Waals surface area contributed by atoms with Gasteiger partial charge in [0.05, 0.1) is 5.41 Å². The summed E-state index contributed by atoms with van der Waals surface area (Å²) in [5.41, 5.74) is 1.80. The van der Waals surface area contributed by atoms with Crippen LogP contribution >= 0.6 is 11.3 Å². The summed E-state index contributed by atoms with van der Waals surface area (Å²) in [6, 6.07) is 12.5. The lowest BCUT2D eigenvalue weighted by Crippen LogP contribution is -2.45. The zero-order valence-electron chi connectivity index (χ0n) is 17.0. The average Bonchev–Trinajstić information content (AvgIpc) is 3.33. The van der Waals surface area contributed by atoms with Crippen molar-refractivity contribution in [3.05, 3.63) is 47.3 Å². The topological polar surface area (TPSA) is 49.4 Å². The minimum Gasteiger partial charge on any atom is -0.356 e. The highest BCUT2D eigenvalue weighted by molar-refractivity contribution is 7.13.